The zero-order valence-electron chi connectivity index (χ0n) is 14.7. The summed E-state index contributed by atoms with van der Waals surface area (Å²) in [6.45, 7) is 1.12. The number of amides is 1. The molecular formula is C19H23FN2O3. The summed E-state index contributed by atoms with van der Waals surface area (Å²) in [5, 5.41) is 2.86. The molecule has 5 nitrogen and oxygen atoms in total. The predicted molar refractivity (Wildman–Crippen MR) is 94.1 cm³/mol. The van der Waals surface area contributed by atoms with Crippen LogP contribution in [0.5, 0.6) is 11.5 Å². The molecular weight excluding hydrogens is 323 g/mol. The summed E-state index contributed by atoms with van der Waals surface area (Å²) in [6.07, 6.45) is 0. The first kappa shape index (κ1) is 18.7. The van der Waals surface area contributed by atoms with Gasteiger partial charge in [-0.15, -0.1) is 0 Å². The Bertz CT molecular complexity index is 722. The van der Waals surface area contributed by atoms with Gasteiger partial charge in [-0.1, -0.05) is 18.2 Å². The second-order valence-corrected chi connectivity index (χ2v) is 5.77. The Morgan fingerprint density at radius 1 is 1.08 bits per heavy atom. The molecule has 0 aliphatic heterocycles. The fourth-order valence-corrected chi connectivity index (χ4v) is 2.50. The molecule has 0 radical (unpaired) electrons. The third-order valence-corrected chi connectivity index (χ3v) is 3.69. The SMILES string of the molecule is COc1ccc(CNC(=O)CN(C)Cc2cccc(F)c2)cc1OC. The highest BCUT2D eigenvalue weighted by atomic mass is 19.1. The van der Waals surface area contributed by atoms with Crippen LogP contribution in [0.25, 0.3) is 0 Å². The van der Waals surface area contributed by atoms with Crippen molar-refractivity contribution in [1.29, 1.82) is 0 Å². The maximum atomic E-state index is 13.2. The van der Waals surface area contributed by atoms with E-state index in [1.165, 1.54) is 12.1 Å². The molecule has 2 aromatic carbocycles. The number of carbonyl (C=O) groups is 1. The Labute approximate surface area is 147 Å². The normalized spacial score (nSPS) is 10.6. The standard InChI is InChI=1S/C19H23FN2O3/c1-22(12-15-5-4-6-16(20)9-15)13-19(23)21-11-14-7-8-17(24-2)18(10-14)25-3/h4-10H,11-13H2,1-3H3,(H,21,23). The van der Waals surface area contributed by atoms with Gasteiger partial charge in [0.15, 0.2) is 11.5 Å². The van der Waals surface area contributed by atoms with Gasteiger partial charge < -0.3 is 14.8 Å². The molecule has 134 valence electrons. The van der Waals surface area contributed by atoms with Gasteiger partial charge in [0, 0.05) is 13.1 Å². The number of methoxy groups -OCH3 is 2. The molecule has 0 aliphatic rings. The van der Waals surface area contributed by atoms with Crippen LogP contribution in [0.15, 0.2) is 42.5 Å². The van der Waals surface area contributed by atoms with Crippen molar-refractivity contribution >= 4 is 5.91 Å². The van der Waals surface area contributed by atoms with Crippen molar-refractivity contribution in [2.45, 2.75) is 13.1 Å². The molecule has 0 unspecified atom stereocenters. The second kappa shape index (κ2) is 9.03. The highest BCUT2D eigenvalue weighted by Gasteiger charge is 2.09. The van der Waals surface area contributed by atoms with Crippen LogP contribution in [0.1, 0.15) is 11.1 Å². The van der Waals surface area contributed by atoms with E-state index in [2.05, 4.69) is 5.32 Å². The van der Waals surface area contributed by atoms with Gasteiger partial charge in [-0.3, -0.25) is 9.69 Å². The molecule has 0 saturated carbocycles. The van der Waals surface area contributed by atoms with Crippen LogP contribution in [0.3, 0.4) is 0 Å². The largest absolute Gasteiger partial charge is 0.493 e. The van der Waals surface area contributed by atoms with E-state index in [1.54, 1.807) is 26.4 Å². The van der Waals surface area contributed by atoms with Crippen LogP contribution in [0.2, 0.25) is 0 Å². The molecule has 6 heteroatoms. The van der Waals surface area contributed by atoms with E-state index in [1.807, 2.05) is 30.1 Å². The zero-order chi connectivity index (χ0) is 18.2. The first-order valence-electron chi connectivity index (χ1n) is 7.92. The van der Waals surface area contributed by atoms with Crippen molar-refractivity contribution in [3.05, 3.63) is 59.4 Å². The van der Waals surface area contributed by atoms with Crippen LogP contribution < -0.4 is 14.8 Å². The zero-order valence-corrected chi connectivity index (χ0v) is 14.7. The van der Waals surface area contributed by atoms with E-state index in [0.29, 0.717) is 24.6 Å². The number of carbonyl (C=O) groups excluding carboxylic acids is 1. The highest BCUT2D eigenvalue weighted by Crippen LogP contribution is 2.27. The van der Waals surface area contributed by atoms with Crippen LogP contribution in [0.4, 0.5) is 4.39 Å². The first-order valence-corrected chi connectivity index (χ1v) is 7.92. The Morgan fingerprint density at radius 2 is 1.84 bits per heavy atom. The van der Waals surface area contributed by atoms with Crippen molar-refractivity contribution in [1.82, 2.24) is 10.2 Å². The monoisotopic (exact) mass is 346 g/mol. The van der Waals surface area contributed by atoms with Crippen molar-refractivity contribution in [3.8, 4) is 11.5 Å². The van der Waals surface area contributed by atoms with Gasteiger partial charge in [-0.05, 0) is 42.4 Å². The third-order valence-electron chi connectivity index (χ3n) is 3.69. The molecule has 0 aromatic heterocycles. The topological polar surface area (TPSA) is 50.8 Å². The van der Waals surface area contributed by atoms with Gasteiger partial charge in [0.05, 0.1) is 20.8 Å². The van der Waals surface area contributed by atoms with E-state index in [0.717, 1.165) is 11.1 Å². The molecule has 0 atom stereocenters. The third kappa shape index (κ3) is 5.76. The number of nitrogens with one attached hydrogen (secondary N) is 1. The molecule has 0 spiro atoms. The lowest BCUT2D eigenvalue weighted by Crippen LogP contribution is -2.34. The Hall–Kier alpha value is -2.60. The minimum Gasteiger partial charge on any atom is -0.493 e. The number of likely N-dealkylation sites (N-methyl/N-ethyl adjacent to an activating group) is 1. The lowest BCUT2D eigenvalue weighted by atomic mass is 10.2. The van der Waals surface area contributed by atoms with Crippen molar-refractivity contribution in [3.63, 3.8) is 0 Å². The maximum absolute atomic E-state index is 13.2. The van der Waals surface area contributed by atoms with Gasteiger partial charge in [0.1, 0.15) is 5.82 Å². The van der Waals surface area contributed by atoms with E-state index < -0.39 is 0 Å². The minimum absolute atomic E-state index is 0.103. The van der Waals surface area contributed by atoms with Crippen molar-refractivity contribution < 1.29 is 18.7 Å². The molecule has 2 rings (SSSR count). The summed E-state index contributed by atoms with van der Waals surface area (Å²) in [6, 6.07) is 11.9. The fourth-order valence-electron chi connectivity index (χ4n) is 2.50. The molecule has 0 aliphatic carbocycles. The van der Waals surface area contributed by atoms with Crippen molar-refractivity contribution in [2.24, 2.45) is 0 Å². The number of benzene rings is 2. The van der Waals surface area contributed by atoms with Gasteiger partial charge in [0.25, 0.3) is 0 Å². The maximum Gasteiger partial charge on any atom is 0.234 e. The second-order valence-electron chi connectivity index (χ2n) is 5.77. The van der Waals surface area contributed by atoms with Crippen LogP contribution in [0, 0.1) is 5.82 Å². The first-order chi connectivity index (χ1) is 12.0. The smallest absolute Gasteiger partial charge is 0.234 e. The number of hydrogen-bond donors (Lipinski definition) is 1. The van der Waals surface area contributed by atoms with E-state index >= 15 is 0 Å². The summed E-state index contributed by atoms with van der Waals surface area (Å²) >= 11 is 0. The van der Waals surface area contributed by atoms with Crippen molar-refractivity contribution in [2.75, 3.05) is 27.8 Å². The van der Waals surface area contributed by atoms with Gasteiger partial charge in [-0.2, -0.15) is 0 Å². The fraction of sp³-hybridized carbons (Fsp3) is 0.316. The van der Waals surface area contributed by atoms with Gasteiger partial charge in [0.2, 0.25) is 5.91 Å². The lowest BCUT2D eigenvalue weighted by Gasteiger charge is -2.16. The molecule has 0 fully saturated rings. The average Bonchev–Trinajstić information content (AvgIpc) is 2.59. The Kier molecular flexibility index (Phi) is 6.77. The Morgan fingerprint density at radius 3 is 2.52 bits per heavy atom. The molecule has 0 bridgehead atoms. The number of ether oxygens (including phenoxy) is 2. The number of nitrogens with zero attached hydrogens (tertiary/aromatic N) is 1. The summed E-state index contributed by atoms with van der Waals surface area (Å²) < 4.78 is 23.6. The average molecular weight is 346 g/mol. The molecule has 1 N–H and O–H groups in total. The molecule has 1 amide bonds. The van der Waals surface area contributed by atoms with E-state index in [9.17, 15) is 9.18 Å². The predicted octanol–water partition coefficient (Wildman–Crippen LogP) is 2.59. The molecule has 25 heavy (non-hydrogen) atoms. The summed E-state index contributed by atoms with van der Waals surface area (Å²) in [7, 11) is 4.97. The molecule has 0 saturated heterocycles. The summed E-state index contributed by atoms with van der Waals surface area (Å²) in [4.78, 5) is 13.9. The van der Waals surface area contributed by atoms with E-state index in [4.69, 9.17) is 9.47 Å². The van der Waals surface area contributed by atoms with E-state index in [-0.39, 0.29) is 18.3 Å². The highest BCUT2D eigenvalue weighted by molar-refractivity contribution is 5.78. The number of hydrogen-bond acceptors (Lipinski definition) is 4. The quantitative estimate of drug-likeness (QED) is 0.798. The summed E-state index contributed by atoms with van der Waals surface area (Å²) in [5.74, 6) is 0.891. The van der Waals surface area contributed by atoms with Crippen LogP contribution in [-0.4, -0.2) is 38.6 Å². The van der Waals surface area contributed by atoms with Crippen LogP contribution in [-0.2, 0) is 17.9 Å². The number of rotatable bonds is 8. The summed E-state index contributed by atoms with van der Waals surface area (Å²) in [5.41, 5.74) is 1.74. The lowest BCUT2D eigenvalue weighted by molar-refractivity contribution is -0.122. The Balaban J connectivity index is 1.84. The molecule has 2 aromatic rings. The van der Waals surface area contributed by atoms with Gasteiger partial charge >= 0.3 is 0 Å². The van der Waals surface area contributed by atoms with Gasteiger partial charge in [-0.25, -0.2) is 4.39 Å². The minimum atomic E-state index is -0.274. The number of halogens is 1. The molecule has 0 heterocycles. The van der Waals surface area contributed by atoms with Crippen LogP contribution >= 0.6 is 0 Å².